The van der Waals surface area contributed by atoms with E-state index >= 15 is 0 Å². The Morgan fingerprint density at radius 2 is 0.738 bits per heavy atom. The molecule has 2 nitrogen and oxygen atoms in total. The van der Waals surface area contributed by atoms with Gasteiger partial charge in [0.15, 0.2) is 0 Å². The van der Waals surface area contributed by atoms with Crippen LogP contribution in [-0.2, 0) is 19.5 Å². The number of aromatic nitrogens is 2. The lowest BCUT2D eigenvalue weighted by Gasteiger charge is -2.07. The van der Waals surface area contributed by atoms with E-state index in [1.165, 1.54) is 219 Å². The second-order valence-corrected chi connectivity index (χ2v) is 13.8. The Labute approximate surface area is 266 Å². The molecule has 0 saturated heterocycles. The lowest BCUT2D eigenvalue weighted by Crippen LogP contribution is -2.37. The van der Waals surface area contributed by atoms with E-state index in [4.69, 9.17) is 0 Å². The van der Waals surface area contributed by atoms with Crippen LogP contribution in [0, 0.1) is 0 Å². The Hall–Kier alpha value is -0.790. The van der Waals surface area contributed by atoms with E-state index in [2.05, 4.69) is 42.3 Å². The van der Waals surface area contributed by atoms with Crippen molar-refractivity contribution in [2.45, 2.75) is 239 Å². The number of unbranched alkanes of at least 4 members (excludes halogenated alkanes) is 28. The first-order valence-corrected chi connectivity index (χ1v) is 19.9. The predicted molar refractivity (Wildman–Crippen MR) is 188 cm³/mol. The zero-order valence-corrected chi connectivity index (χ0v) is 29.6. The quantitative estimate of drug-likeness (QED) is 0.0560. The van der Waals surface area contributed by atoms with E-state index in [1.54, 1.807) is 5.82 Å². The molecule has 0 amide bonds. The Morgan fingerprint density at radius 3 is 1.14 bits per heavy atom. The SMILES string of the molecule is CCCCCCCCCCCCCCCCc1n(CCCCCCCCC)cc[n+]1CCCCCCCCCCCC. The van der Waals surface area contributed by atoms with Crippen LogP contribution in [-0.4, -0.2) is 4.57 Å². The van der Waals surface area contributed by atoms with E-state index in [1.807, 2.05) is 0 Å². The van der Waals surface area contributed by atoms with Crippen LogP contribution in [0.2, 0.25) is 0 Å². The van der Waals surface area contributed by atoms with Gasteiger partial charge in [-0.3, -0.25) is 0 Å². The van der Waals surface area contributed by atoms with Crippen molar-refractivity contribution in [3.8, 4) is 0 Å². The molecule has 0 atom stereocenters. The van der Waals surface area contributed by atoms with E-state index in [-0.39, 0.29) is 0 Å². The van der Waals surface area contributed by atoms with Crippen LogP contribution in [0.3, 0.4) is 0 Å². The Kier molecular flexibility index (Phi) is 29.5. The topological polar surface area (TPSA) is 8.81 Å². The van der Waals surface area contributed by atoms with Gasteiger partial charge in [-0.25, -0.2) is 9.13 Å². The molecular weight excluding hydrogens is 508 g/mol. The van der Waals surface area contributed by atoms with Crippen LogP contribution in [0.1, 0.15) is 226 Å². The minimum atomic E-state index is 1.23. The normalized spacial score (nSPS) is 11.6. The third-order valence-corrected chi connectivity index (χ3v) is 9.60. The number of aryl methyl sites for hydroxylation is 2. The molecule has 0 saturated carbocycles. The van der Waals surface area contributed by atoms with Gasteiger partial charge in [0, 0.05) is 6.42 Å². The largest absolute Gasteiger partial charge is 0.256 e. The van der Waals surface area contributed by atoms with Gasteiger partial charge in [-0.2, -0.15) is 0 Å². The average molecular weight is 588 g/mol. The summed E-state index contributed by atoms with van der Waals surface area (Å²) < 4.78 is 5.26. The highest BCUT2D eigenvalue weighted by molar-refractivity contribution is 4.84. The third kappa shape index (κ3) is 23.6. The Bertz CT molecular complexity index is 648. The number of hydrogen-bond donors (Lipinski definition) is 0. The Morgan fingerprint density at radius 1 is 0.405 bits per heavy atom. The van der Waals surface area contributed by atoms with Crippen molar-refractivity contribution in [3.63, 3.8) is 0 Å². The second-order valence-electron chi connectivity index (χ2n) is 13.8. The second kappa shape index (κ2) is 31.6. The van der Waals surface area contributed by atoms with Crippen LogP contribution in [0.15, 0.2) is 12.4 Å². The van der Waals surface area contributed by atoms with Gasteiger partial charge < -0.3 is 0 Å². The zero-order valence-electron chi connectivity index (χ0n) is 29.6. The summed E-state index contributed by atoms with van der Waals surface area (Å²) in [5, 5.41) is 0. The first-order chi connectivity index (χ1) is 20.8. The molecule has 0 radical (unpaired) electrons. The molecule has 0 aliphatic carbocycles. The van der Waals surface area contributed by atoms with Crippen molar-refractivity contribution >= 4 is 0 Å². The smallest absolute Gasteiger partial charge is 0.234 e. The molecule has 1 heterocycles. The zero-order chi connectivity index (χ0) is 30.2. The summed E-state index contributed by atoms with van der Waals surface area (Å²) in [7, 11) is 0. The van der Waals surface area contributed by atoms with Gasteiger partial charge in [-0.1, -0.05) is 188 Å². The highest BCUT2D eigenvalue weighted by Crippen LogP contribution is 2.15. The minimum Gasteiger partial charge on any atom is -0.234 e. The monoisotopic (exact) mass is 588 g/mol. The van der Waals surface area contributed by atoms with E-state index in [9.17, 15) is 0 Å². The molecule has 1 rings (SSSR count). The van der Waals surface area contributed by atoms with Gasteiger partial charge in [0.25, 0.3) is 5.82 Å². The summed E-state index contributed by atoms with van der Waals surface area (Å²) in [5.74, 6) is 1.62. The van der Waals surface area contributed by atoms with Crippen molar-refractivity contribution < 1.29 is 4.57 Å². The van der Waals surface area contributed by atoms with E-state index < -0.39 is 0 Å². The van der Waals surface area contributed by atoms with Crippen molar-refractivity contribution in [1.29, 1.82) is 0 Å². The summed E-state index contributed by atoms with van der Waals surface area (Å²) in [4.78, 5) is 0. The van der Waals surface area contributed by atoms with Gasteiger partial charge in [0.05, 0.1) is 13.1 Å². The molecule has 42 heavy (non-hydrogen) atoms. The lowest BCUT2D eigenvalue weighted by atomic mass is 10.0. The summed E-state index contributed by atoms with van der Waals surface area (Å²) in [5.41, 5.74) is 0. The fraction of sp³-hybridized carbons (Fsp3) is 0.925. The van der Waals surface area contributed by atoms with Crippen molar-refractivity contribution in [1.82, 2.24) is 4.57 Å². The van der Waals surface area contributed by atoms with Crippen molar-refractivity contribution in [2.75, 3.05) is 0 Å². The highest BCUT2D eigenvalue weighted by Gasteiger charge is 2.16. The lowest BCUT2D eigenvalue weighted by molar-refractivity contribution is -0.704. The summed E-state index contributed by atoms with van der Waals surface area (Å²) in [6.45, 7) is 9.40. The van der Waals surface area contributed by atoms with Gasteiger partial charge in [-0.05, 0) is 32.1 Å². The third-order valence-electron chi connectivity index (χ3n) is 9.60. The van der Waals surface area contributed by atoms with Crippen LogP contribution >= 0.6 is 0 Å². The average Bonchev–Trinajstić information content (AvgIpc) is 3.38. The molecule has 0 unspecified atom stereocenters. The molecule has 0 aromatic carbocycles. The van der Waals surface area contributed by atoms with Crippen LogP contribution < -0.4 is 4.57 Å². The van der Waals surface area contributed by atoms with Crippen LogP contribution in [0.4, 0.5) is 0 Å². The molecule has 0 spiro atoms. The molecular formula is C40H79N2+. The molecule has 0 bridgehead atoms. The standard InChI is InChI=1S/C40H79N2/c1-4-7-10-13-16-18-20-21-22-23-24-26-29-32-35-40-41(36-33-30-27-15-12-9-6-3)38-39-42(40)37-34-31-28-25-19-17-14-11-8-5-2/h38-39H,4-37H2,1-3H3/q+1. The van der Waals surface area contributed by atoms with Gasteiger partial charge in [-0.15, -0.1) is 0 Å². The molecule has 0 fully saturated rings. The van der Waals surface area contributed by atoms with E-state index in [0.29, 0.717) is 0 Å². The van der Waals surface area contributed by atoms with Crippen molar-refractivity contribution in [2.24, 2.45) is 0 Å². The fourth-order valence-corrected chi connectivity index (χ4v) is 6.68. The summed E-state index contributed by atoms with van der Waals surface area (Å²) >= 11 is 0. The van der Waals surface area contributed by atoms with Gasteiger partial charge in [0.2, 0.25) is 0 Å². The predicted octanol–water partition coefficient (Wildman–Crippen LogP) is 13.5. The highest BCUT2D eigenvalue weighted by atomic mass is 15.1. The molecule has 0 aliphatic heterocycles. The number of hydrogen-bond acceptors (Lipinski definition) is 0. The molecule has 2 heteroatoms. The Balaban J connectivity index is 2.27. The molecule has 1 aromatic heterocycles. The fourth-order valence-electron chi connectivity index (χ4n) is 6.68. The first kappa shape index (κ1) is 39.2. The first-order valence-electron chi connectivity index (χ1n) is 19.9. The molecule has 0 N–H and O–H groups in total. The minimum absolute atomic E-state index is 1.23. The number of nitrogens with zero attached hydrogens (tertiary/aromatic N) is 2. The maximum atomic E-state index is 2.63. The summed E-state index contributed by atoms with van der Waals surface area (Å²) in [6, 6.07) is 0. The molecule has 1 aromatic rings. The molecule has 248 valence electrons. The van der Waals surface area contributed by atoms with Crippen LogP contribution in [0.25, 0.3) is 0 Å². The van der Waals surface area contributed by atoms with Gasteiger partial charge >= 0.3 is 0 Å². The van der Waals surface area contributed by atoms with Gasteiger partial charge in [0.1, 0.15) is 12.4 Å². The molecule has 0 aliphatic rings. The summed E-state index contributed by atoms with van der Waals surface area (Å²) in [6.07, 6.45) is 50.4. The van der Waals surface area contributed by atoms with Crippen molar-refractivity contribution in [3.05, 3.63) is 18.2 Å². The maximum absolute atomic E-state index is 2.63. The number of rotatable bonds is 34. The number of imidazole rings is 1. The van der Waals surface area contributed by atoms with Crippen LogP contribution in [0.5, 0.6) is 0 Å². The van der Waals surface area contributed by atoms with E-state index in [0.717, 1.165) is 0 Å². The maximum Gasteiger partial charge on any atom is 0.256 e.